The standard InChI is InChI=1S/C10H16N2O12P2/c13-3(1-25(20)21)11-8(17)5-6(15)10(19,7(16)9(18)24-5)12-4(14)2-26(22)23/h5-9,15-19H,1-2H2,(H2-2,11,12,13,14,20,21,22,23)/p+2/t5-,6+,7+,8?,9-,10-/m0/s1. The molecule has 0 aromatic rings. The predicted octanol–water partition coefficient (Wildman–Crippen LogP) is -4.87. The molecule has 9 N–H and O–H groups in total. The highest BCUT2D eigenvalue weighted by molar-refractivity contribution is 7.39. The van der Waals surface area contributed by atoms with Gasteiger partial charge in [-0.15, -0.1) is 0 Å². The highest BCUT2D eigenvalue weighted by Gasteiger charge is 2.58. The van der Waals surface area contributed by atoms with E-state index in [2.05, 4.69) is 4.74 Å². The minimum atomic E-state index is -3.02. The molecule has 1 fully saturated rings. The van der Waals surface area contributed by atoms with Gasteiger partial charge in [-0.05, 0) is 9.13 Å². The van der Waals surface area contributed by atoms with Gasteiger partial charge in [0.25, 0.3) is 24.1 Å². The lowest BCUT2D eigenvalue weighted by Crippen LogP contribution is -2.76. The summed E-state index contributed by atoms with van der Waals surface area (Å²) in [5, 5.41) is 53.0. The number of rotatable bonds is 7. The molecule has 0 aliphatic carbocycles. The molecule has 26 heavy (non-hydrogen) atoms. The van der Waals surface area contributed by atoms with E-state index >= 15 is 0 Å². The van der Waals surface area contributed by atoms with Gasteiger partial charge in [-0.25, -0.2) is 0 Å². The van der Waals surface area contributed by atoms with E-state index in [4.69, 9.17) is 9.79 Å². The summed E-state index contributed by atoms with van der Waals surface area (Å²) in [7, 11) is -5.84. The number of carbonyl (C=O) groups excluding carboxylic acids is 2. The maximum atomic E-state index is 11.5. The molecule has 1 aliphatic heterocycles. The fourth-order valence-corrected chi connectivity index (χ4v) is 2.81. The van der Waals surface area contributed by atoms with Crippen LogP contribution in [-0.4, -0.2) is 96.0 Å². The zero-order chi connectivity index (χ0) is 20.2. The van der Waals surface area contributed by atoms with Crippen LogP contribution in [0.15, 0.2) is 0 Å². The van der Waals surface area contributed by atoms with E-state index in [1.807, 2.05) is 0 Å². The lowest BCUT2D eigenvalue weighted by atomic mass is 9.90. The Kier molecular flexibility index (Phi) is 8.04. The third-order valence-electron chi connectivity index (χ3n) is 3.30. The van der Waals surface area contributed by atoms with Gasteiger partial charge in [-0.2, -0.15) is 9.79 Å². The Morgan fingerprint density at radius 3 is 2.04 bits per heavy atom. The second-order valence-corrected chi connectivity index (χ2v) is 7.33. The van der Waals surface area contributed by atoms with Gasteiger partial charge in [0, 0.05) is 0 Å². The summed E-state index contributed by atoms with van der Waals surface area (Å²) in [5.74, 6) is -2.42. The van der Waals surface area contributed by atoms with Gasteiger partial charge in [-0.1, -0.05) is 0 Å². The van der Waals surface area contributed by atoms with Gasteiger partial charge in [0.2, 0.25) is 0 Å². The molecule has 0 bridgehead atoms. The van der Waals surface area contributed by atoms with Gasteiger partial charge in [-0.3, -0.25) is 9.59 Å². The molecular weight excluding hydrogens is 402 g/mol. The van der Waals surface area contributed by atoms with Crippen molar-refractivity contribution >= 4 is 27.9 Å². The number of ether oxygens (including phenoxy) is 1. The van der Waals surface area contributed by atoms with Crippen LogP contribution >= 0.6 is 16.1 Å². The topological polar surface area (TPSA) is 243 Å². The summed E-state index contributed by atoms with van der Waals surface area (Å²) in [6.45, 7) is 0. The number of nitrogens with one attached hydrogen (secondary N) is 2. The van der Waals surface area contributed by atoms with Crippen molar-refractivity contribution in [1.29, 1.82) is 0 Å². The fraction of sp³-hybridized carbons (Fsp3) is 0.800. The minimum absolute atomic E-state index is 0.898. The summed E-state index contributed by atoms with van der Waals surface area (Å²) < 4.78 is 25.9. The molecule has 0 radical (unpaired) electrons. The molecule has 2 amide bonds. The molecule has 0 aromatic carbocycles. The molecule has 1 heterocycles. The molecule has 0 aromatic heterocycles. The molecule has 16 heteroatoms. The quantitative estimate of drug-likeness (QED) is 0.139. The molecule has 8 atom stereocenters. The summed E-state index contributed by atoms with van der Waals surface area (Å²) in [6.07, 6.45) is -12.9. The van der Waals surface area contributed by atoms with Gasteiger partial charge in [0.15, 0.2) is 24.3 Å². The molecule has 14 nitrogen and oxygen atoms in total. The molecule has 1 aliphatic rings. The van der Waals surface area contributed by atoms with Crippen molar-refractivity contribution in [2.75, 3.05) is 12.3 Å². The second kappa shape index (κ2) is 9.15. The molecule has 148 valence electrons. The highest BCUT2D eigenvalue weighted by atomic mass is 31.1. The summed E-state index contributed by atoms with van der Waals surface area (Å²) in [4.78, 5) is 40.2. The number of amides is 2. The van der Waals surface area contributed by atoms with Crippen molar-refractivity contribution in [2.24, 2.45) is 0 Å². The Hall–Kier alpha value is -1.18. The third-order valence-corrected chi connectivity index (χ3v) is 4.41. The lowest BCUT2D eigenvalue weighted by Gasteiger charge is -2.47. The Labute approximate surface area is 147 Å². The average Bonchev–Trinajstić information content (AvgIpc) is 2.47. The Bertz CT molecular complexity index is 590. The second-order valence-electron chi connectivity index (χ2n) is 5.29. The predicted molar refractivity (Wildman–Crippen MR) is 79.5 cm³/mol. The van der Waals surface area contributed by atoms with E-state index in [0.717, 1.165) is 0 Å². The maximum Gasteiger partial charge on any atom is 0.515 e. The van der Waals surface area contributed by atoms with Crippen LogP contribution in [0, 0.1) is 0 Å². The first-order chi connectivity index (χ1) is 11.9. The van der Waals surface area contributed by atoms with Crippen molar-refractivity contribution in [3.63, 3.8) is 0 Å². The van der Waals surface area contributed by atoms with E-state index < -0.39 is 76.7 Å². The first-order valence-electron chi connectivity index (χ1n) is 6.86. The molecule has 0 spiro atoms. The molecule has 1 rings (SSSR count). The first-order valence-corrected chi connectivity index (χ1v) is 9.65. The molecule has 1 saturated heterocycles. The minimum Gasteiger partial charge on any atom is -0.385 e. The van der Waals surface area contributed by atoms with E-state index in [-0.39, 0.29) is 0 Å². The summed E-state index contributed by atoms with van der Waals surface area (Å²) in [5.41, 5.74) is -3.02. The van der Waals surface area contributed by atoms with Gasteiger partial charge >= 0.3 is 16.1 Å². The SMILES string of the molecule is O=C(C[P+](=O)O)NC(O)[C@H]1O[C@H](O)[C@@H](O)[C@](O)(NC(=O)C[P+](=O)O)[C@@H]1O. The number of carbonyl (C=O) groups is 2. The van der Waals surface area contributed by atoms with Crippen molar-refractivity contribution in [3.8, 4) is 0 Å². The van der Waals surface area contributed by atoms with Crippen molar-refractivity contribution in [2.45, 2.75) is 36.6 Å². The lowest BCUT2D eigenvalue weighted by molar-refractivity contribution is -0.336. The number of aliphatic hydroxyl groups is 5. The molecular formula is C10H18N2O12P2+2. The first kappa shape index (κ1) is 22.9. The van der Waals surface area contributed by atoms with Crippen molar-refractivity contribution in [1.82, 2.24) is 10.6 Å². The number of aliphatic hydroxyl groups excluding tert-OH is 4. The van der Waals surface area contributed by atoms with Gasteiger partial charge in [0.05, 0.1) is 0 Å². The summed E-state index contributed by atoms with van der Waals surface area (Å²) >= 11 is 0. The van der Waals surface area contributed by atoms with Gasteiger partial charge < -0.3 is 40.9 Å². The number of hydrogen-bond acceptors (Lipinski definition) is 10. The smallest absolute Gasteiger partial charge is 0.385 e. The van der Waals surface area contributed by atoms with Gasteiger partial charge in [0.1, 0.15) is 12.2 Å². The van der Waals surface area contributed by atoms with Crippen molar-refractivity contribution in [3.05, 3.63) is 0 Å². The van der Waals surface area contributed by atoms with E-state index in [9.17, 15) is 44.3 Å². The average molecular weight is 420 g/mol. The van der Waals surface area contributed by atoms with Crippen molar-refractivity contribution < 1.29 is 58.8 Å². The van der Waals surface area contributed by atoms with Crippen LogP contribution in [0.1, 0.15) is 0 Å². The fourth-order valence-electron chi connectivity index (χ4n) is 2.15. The van der Waals surface area contributed by atoms with E-state index in [1.54, 1.807) is 10.6 Å². The van der Waals surface area contributed by atoms with E-state index in [0.29, 0.717) is 0 Å². The van der Waals surface area contributed by atoms with Crippen LogP contribution in [0.3, 0.4) is 0 Å². The summed E-state index contributed by atoms with van der Waals surface area (Å²) in [6, 6.07) is 0. The zero-order valence-electron chi connectivity index (χ0n) is 12.9. The van der Waals surface area contributed by atoms with Crippen LogP contribution in [0.5, 0.6) is 0 Å². The molecule has 3 unspecified atom stereocenters. The Morgan fingerprint density at radius 1 is 1.04 bits per heavy atom. The van der Waals surface area contributed by atoms with Crippen LogP contribution in [0.25, 0.3) is 0 Å². The molecule has 0 saturated carbocycles. The zero-order valence-corrected chi connectivity index (χ0v) is 14.7. The Morgan fingerprint density at radius 2 is 1.54 bits per heavy atom. The maximum absolute atomic E-state index is 11.5. The Balaban J connectivity index is 2.95. The third kappa shape index (κ3) is 5.66. The van der Waals surface area contributed by atoms with Crippen LogP contribution < -0.4 is 10.6 Å². The van der Waals surface area contributed by atoms with Crippen LogP contribution in [-0.2, 0) is 23.5 Å². The number of hydrogen-bond donors (Lipinski definition) is 9. The normalized spacial score (nSPS) is 33.8. The highest BCUT2D eigenvalue weighted by Crippen LogP contribution is 2.29. The van der Waals surface area contributed by atoms with Crippen LogP contribution in [0.2, 0.25) is 0 Å². The van der Waals surface area contributed by atoms with Crippen LogP contribution in [0.4, 0.5) is 0 Å². The van der Waals surface area contributed by atoms with E-state index in [1.165, 1.54) is 0 Å². The monoisotopic (exact) mass is 420 g/mol. The largest absolute Gasteiger partial charge is 0.515 e.